The summed E-state index contributed by atoms with van der Waals surface area (Å²) in [7, 11) is -7.62. The molecule has 0 radical (unpaired) electrons. The van der Waals surface area contributed by atoms with Gasteiger partial charge in [-0.2, -0.15) is 4.31 Å². The predicted octanol–water partition coefficient (Wildman–Crippen LogP) is 1.25. The summed E-state index contributed by atoms with van der Waals surface area (Å²) in [4.78, 5) is 14.5. The van der Waals surface area contributed by atoms with Gasteiger partial charge in [-0.3, -0.25) is 4.79 Å². The van der Waals surface area contributed by atoms with Crippen LogP contribution in [0.2, 0.25) is 0 Å². The van der Waals surface area contributed by atoms with Crippen LogP contribution in [0.15, 0.2) is 39.6 Å². The van der Waals surface area contributed by atoms with Gasteiger partial charge in [-0.05, 0) is 31.0 Å². The number of rotatable bonds is 6. The first-order valence-corrected chi connectivity index (χ1v) is 12.1. The third-order valence-corrected chi connectivity index (χ3v) is 8.14. The molecule has 28 heavy (non-hydrogen) atoms. The van der Waals surface area contributed by atoms with E-state index in [0.717, 1.165) is 5.41 Å². The second-order valence-corrected chi connectivity index (χ2v) is 10.8. The quantitative estimate of drug-likeness (QED) is 0.558. The molecule has 12 heteroatoms. The van der Waals surface area contributed by atoms with Crippen molar-refractivity contribution in [2.24, 2.45) is 5.73 Å². The lowest BCUT2D eigenvalue weighted by molar-refractivity contribution is 0.0993. The number of piperidine rings is 1. The van der Waals surface area contributed by atoms with Crippen molar-refractivity contribution >= 4 is 52.8 Å². The van der Waals surface area contributed by atoms with Crippen LogP contribution in [-0.4, -0.2) is 51.2 Å². The van der Waals surface area contributed by atoms with Crippen molar-refractivity contribution in [1.82, 2.24) is 14.0 Å². The number of carbonyl (C=O) groups is 1. The third kappa shape index (κ3) is 4.01. The van der Waals surface area contributed by atoms with Crippen LogP contribution < -0.4 is 10.5 Å². The van der Waals surface area contributed by atoms with E-state index in [-0.39, 0.29) is 29.7 Å². The van der Waals surface area contributed by atoms with E-state index >= 15 is 0 Å². The number of fused-ring (bicyclic) bond motifs is 1. The topological polar surface area (TPSA) is 142 Å². The monoisotopic (exact) mass is 490 g/mol. The minimum Gasteiger partial charge on any atom is -0.364 e. The normalized spacial score (nSPS) is 17.0. The first kappa shape index (κ1) is 21.0. The van der Waals surface area contributed by atoms with Gasteiger partial charge in [0, 0.05) is 39.9 Å². The largest absolute Gasteiger partial charge is 0.364 e. The molecule has 152 valence electrons. The van der Waals surface area contributed by atoms with Gasteiger partial charge in [-0.15, -0.1) is 0 Å². The second kappa shape index (κ2) is 7.59. The summed E-state index contributed by atoms with van der Waals surface area (Å²) in [6, 6.07) is 4.59. The highest BCUT2D eigenvalue weighted by molar-refractivity contribution is 9.10. The molecule has 1 aromatic carbocycles. The van der Waals surface area contributed by atoms with Crippen molar-refractivity contribution < 1.29 is 21.6 Å². The molecule has 2 heterocycles. The Bertz CT molecular complexity index is 1150. The van der Waals surface area contributed by atoms with Gasteiger partial charge in [-0.25, -0.2) is 21.6 Å². The molecule has 2 aromatic rings. The Morgan fingerprint density at radius 3 is 2.50 bits per heavy atom. The smallest absolute Gasteiger partial charge is 0.266 e. The lowest BCUT2D eigenvalue weighted by Gasteiger charge is -2.31. The zero-order valence-corrected chi connectivity index (χ0v) is 17.9. The summed E-state index contributed by atoms with van der Waals surface area (Å²) in [5.74, 6) is -0.875. The average Bonchev–Trinajstić information content (AvgIpc) is 3.01. The van der Waals surface area contributed by atoms with Crippen LogP contribution in [0.4, 0.5) is 0 Å². The lowest BCUT2D eigenvalue weighted by Crippen LogP contribution is -2.46. The summed E-state index contributed by atoms with van der Waals surface area (Å²) in [6.07, 6.45) is 0.592. The van der Waals surface area contributed by atoms with Gasteiger partial charge < -0.3 is 10.7 Å². The van der Waals surface area contributed by atoms with E-state index in [1.54, 1.807) is 18.2 Å². The molecule has 1 fully saturated rings. The zero-order valence-electron chi connectivity index (χ0n) is 14.7. The fraction of sp³-hybridized carbons (Fsp3) is 0.312. The maximum absolute atomic E-state index is 13.3. The fourth-order valence-electron chi connectivity index (χ4n) is 3.20. The van der Waals surface area contributed by atoms with E-state index in [0.29, 0.717) is 28.2 Å². The SMILES string of the molecule is C=CS(=O)(=O)NC1CCN(S(=O)(=O)c2c(C(N)=O)[nH]c3ccc(Br)cc23)CC1. The molecule has 0 saturated carbocycles. The summed E-state index contributed by atoms with van der Waals surface area (Å²) < 4.78 is 54.1. The third-order valence-electron chi connectivity index (χ3n) is 4.56. The van der Waals surface area contributed by atoms with Crippen molar-refractivity contribution in [3.63, 3.8) is 0 Å². The average molecular weight is 491 g/mol. The Hall–Kier alpha value is -1.73. The first-order chi connectivity index (χ1) is 13.0. The standard InChI is InChI=1S/C16H19BrN4O5S2/c1-2-27(23,24)20-11-5-7-21(8-6-11)28(25,26)15-12-9-10(17)3-4-13(12)19-14(15)16(18)22/h2-4,9,11,19-20H,1,5-8H2,(H2,18,22). The van der Waals surface area contributed by atoms with Gasteiger partial charge in [0.25, 0.3) is 5.91 Å². The Kier molecular flexibility index (Phi) is 5.69. The number of primary amides is 1. The van der Waals surface area contributed by atoms with Crippen LogP contribution >= 0.6 is 15.9 Å². The number of H-pyrrole nitrogens is 1. The first-order valence-electron chi connectivity index (χ1n) is 8.31. The highest BCUT2D eigenvalue weighted by Gasteiger charge is 2.35. The number of carbonyl (C=O) groups excluding carboxylic acids is 1. The van der Waals surface area contributed by atoms with Crippen LogP contribution in [0.3, 0.4) is 0 Å². The van der Waals surface area contributed by atoms with Gasteiger partial charge in [0.15, 0.2) is 0 Å². The number of halogens is 1. The van der Waals surface area contributed by atoms with E-state index in [2.05, 4.69) is 32.2 Å². The van der Waals surface area contributed by atoms with Gasteiger partial charge >= 0.3 is 0 Å². The van der Waals surface area contributed by atoms with E-state index < -0.39 is 26.0 Å². The number of nitrogens with two attached hydrogens (primary N) is 1. The number of hydrogen-bond acceptors (Lipinski definition) is 5. The van der Waals surface area contributed by atoms with Crippen LogP contribution in [0, 0.1) is 0 Å². The molecule has 1 aliphatic heterocycles. The molecule has 1 amide bonds. The highest BCUT2D eigenvalue weighted by Crippen LogP contribution is 2.32. The minimum atomic E-state index is -4.03. The van der Waals surface area contributed by atoms with E-state index in [1.165, 1.54) is 4.31 Å². The van der Waals surface area contributed by atoms with Crippen molar-refractivity contribution in [3.8, 4) is 0 Å². The molecule has 1 aliphatic rings. The Balaban J connectivity index is 1.94. The summed E-state index contributed by atoms with van der Waals surface area (Å²) >= 11 is 3.31. The number of nitrogens with one attached hydrogen (secondary N) is 2. The zero-order chi connectivity index (χ0) is 20.7. The van der Waals surface area contributed by atoms with E-state index in [4.69, 9.17) is 5.73 Å². The molecular weight excluding hydrogens is 472 g/mol. The maximum Gasteiger partial charge on any atom is 0.266 e. The molecule has 4 N–H and O–H groups in total. The fourth-order valence-corrected chi connectivity index (χ4v) is 6.17. The van der Waals surface area contributed by atoms with E-state index in [9.17, 15) is 21.6 Å². The molecule has 0 atom stereocenters. The number of aromatic nitrogens is 1. The van der Waals surface area contributed by atoms with Crippen molar-refractivity contribution in [2.45, 2.75) is 23.8 Å². The molecule has 0 spiro atoms. The number of nitrogens with zero attached hydrogens (tertiary/aromatic N) is 1. The Morgan fingerprint density at radius 1 is 1.29 bits per heavy atom. The molecule has 0 unspecified atom stereocenters. The van der Waals surface area contributed by atoms with Crippen LogP contribution in [0.5, 0.6) is 0 Å². The van der Waals surface area contributed by atoms with Crippen LogP contribution in [0.25, 0.3) is 10.9 Å². The molecule has 9 nitrogen and oxygen atoms in total. The van der Waals surface area contributed by atoms with Gasteiger partial charge in [-0.1, -0.05) is 22.5 Å². The Labute approximate surface area is 171 Å². The van der Waals surface area contributed by atoms with Crippen LogP contribution in [0.1, 0.15) is 23.3 Å². The van der Waals surface area contributed by atoms with Gasteiger partial charge in [0.05, 0.1) is 0 Å². The Morgan fingerprint density at radius 2 is 1.93 bits per heavy atom. The van der Waals surface area contributed by atoms with Crippen molar-refractivity contribution in [3.05, 3.63) is 40.4 Å². The van der Waals surface area contributed by atoms with Crippen molar-refractivity contribution in [1.29, 1.82) is 0 Å². The number of sulfonamides is 2. The molecule has 1 aromatic heterocycles. The molecule has 0 aliphatic carbocycles. The molecule has 3 rings (SSSR count). The molecular formula is C16H19BrN4O5S2. The minimum absolute atomic E-state index is 0.103. The maximum atomic E-state index is 13.3. The van der Waals surface area contributed by atoms with Crippen molar-refractivity contribution in [2.75, 3.05) is 13.1 Å². The number of amides is 1. The number of benzene rings is 1. The predicted molar refractivity (Wildman–Crippen MR) is 109 cm³/mol. The summed E-state index contributed by atoms with van der Waals surface area (Å²) in [5.41, 5.74) is 5.70. The molecule has 0 bridgehead atoms. The summed E-state index contributed by atoms with van der Waals surface area (Å²) in [6.45, 7) is 3.45. The number of hydrogen-bond donors (Lipinski definition) is 3. The van der Waals surface area contributed by atoms with Gasteiger partial charge in [0.2, 0.25) is 20.0 Å². The van der Waals surface area contributed by atoms with E-state index in [1.807, 2.05) is 0 Å². The van der Waals surface area contributed by atoms with Gasteiger partial charge in [0.1, 0.15) is 10.6 Å². The lowest BCUT2D eigenvalue weighted by atomic mass is 10.1. The van der Waals surface area contributed by atoms with Crippen LogP contribution in [-0.2, 0) is 20.0 Å². The second-order valence-electron chi connectivity index (χ2n) is 6.39. The molecule has 1 saturated heterocycles. The summed E-state index contributed by atoms with van der Waals surface area (Å²) in [5, 5.41) is 1.18. The number of aromatic amines is 1. The highest BCUT2D eigenvalue weighted by atomic mass is 79.9.